The van der Waals surface area contributed by atoms with Crippen LogP contribution in [0.25, 0.3) is 0 Å². The lowest BCUT2D eigenvalue weighted by Gasteiger charge is -2.26. The summed E-state index contributed by atoms with van der Waals surface area (Å²) in [5.74, 6) is -0.179. The zero-order chi connectivity index (χ0) is 14.6. The molecule has 1 aromatic rings. The molecule has 0 aromatic heterocycles. The second-order valence-corrected chi connectivity index (χ2v) is 6.12. The number of carbonyl (C=O) groups excluding carboxylic acids is 1. The van der Waals surface area contributed by atoms with Crippen LogP contribution in [0.3, 0.4) is 0 Å². The molecule has 1 aromatic carbocycles. The quantitative estimate of drug-likeness (QED) is 0.866. The van der Waals surface area contributed by atoms with Crippen LogP contribution in [-0.4, -0.2) is 36.5 Å². The van der Waals surface area contributed by atoms with Gasteiger partial charge < -0.3 is 11.1 Å². The summed E-state index contributed by atoms with van der Waals surface area (Å²) in [5.41, 5.74) is 5.99. The molecule has 0 aliphatic heterocycles. The van der Waals surface area contributed by atoms with Crippen LogP contribution in [0.2, 0.25) is 10.0 Å². The minimum atomic E-state index is -0.350. The minimum absolute atomic E-state index is 0. The summed E-state index contributed by atoms with van der Waals surface area (Å²) in [6.07, 6.45) is 0. The molecular formula is C13H20Cl3N3O. The highest BCUT2D eigenvalue weighted by atomic mass is 35.5. The summed E-state index contributed by atoms with van der Waals surface area (Å²) < 4.78 is 0. The molecule has 7 heteroatoms. The third kappa shape index (κ3) is 6.77. The van der Waals surface area contributed by atoms with Crippen molar-refractivity contribution in [2.75, 3.05) is 25.5 Å². The lowest BCUT2D eigenvalue weighted by atomic mass is 10.1. The Labute approximate surface area is 136 Å². The highest BCUT2D eigenvalue weighted by Gasteiger charge is 2.17. The number of nitrogens with two attached hydrogens (primary N) is 1. The van der Waals surface area contributed by atoms with Crippen molar-refractivity contribution in [3.05, 3.63) is 28.2 Å². The van der Waals surface area contributed by atoms with E-state index < -0.39 is 0 Å². The molecule has 0 radical (unpaired) electrons. The number of anilines is 1. The minimum Gasteiger partial charge on any atom is -0.324 e. The average Bonchev–Trinajstić information content (AvgIpc) is 2.20. The van der Waals surface area contributed by atoms with Crippen LogP contribution >= 0.6 is 35.6 Å². The first kappa shape index (κ1) is 19.5. The maximum atomic E-state index is 11.9. The monoisotopic (exact) mass is 339 g/mol. The molecule has 0 aliphatic rings. The van der Waals surface area contributed by atoms with Crippen molar-refractivity contribution in [2.45, 2.75) is 19.4 Å². The molecule has 1 rings (SSSR count). The van der Waals surface area contributed by atoms with Gasteiger partial charge in [-0.2, -0.15) is 0 Å². The topological polar surface area (TPSA) is 58.4 Å². The van der Waals surface area contributed by atoms with Crippen LogP contribution in [0.4, 0.5) is 5.69 Å². The molecule has 1 amide bonds. The van der Waals surface area contributed by atoms with Crippen molar-refractivity contribution in [3.63, 3.8) is 0 Å². The highest BCUT2D eigenvalue weighted by Crippen LogP contribution is 2.29. The van der Waals surface area contributed by atoms with E-state index in [1.807, 2.05) is 25.8 Å². The predicted molar refractivity (Wildman–Crippen MR) is 88.1 cm³/mol. The van der Waals surface area contributed by atoms with Gasteiger partial charge in [-0.3, -0.25) is 9.69 Å². The number of hydrogen-bond donors (Lipinski definition) is 2. The van der Waals surface area contributed by atoms with Gasteiger partial charge in [-0.1, -0.05) is 29.3 Å². The Hall–Kier alpha value is -0.520. The Morgan fingerprint density at radius 1 is 1.35 bits per heavy atom. The number of hydrogen-bond acceptors (Lipinski definition) is 3. The lowest BCUT2D eigenvalue weighted by Crippen LogP contribution is -2.45. The molecule has 0 unspecified atom stereocenters. The summed E-state index contributed by atoms with van der Waals surface area (Å²) in [7, 11) is 1.84. The smallest absolute Gasteiger partial charge is 0.238 e. The third-order valence-electron chi connectivity index (χ3n) is 2.32. The van der Waals surface area contributed by atoms with E-state index >= 15 is 0 Å². The van der Waals surface area contributed by atoms with E-state index in [0.717, 1.165) is 0 Å². The molecule has 0 saturated heterocycles. The number of para-hydroxylation sites is 1. The summed E-state index contributed by atoms with van der Waals surface area (Å²) >= 11 is 12.0. The third-order valence-corrected chi connectivity index (χ3v) is 2.95. The normalized spacial score (nSPS) is 11.2. The molecule has 3 N–H and O–H groups in total. The summed E-state index contributed by atoms with van der Waals surface area (Å²) in [5, 5.41) is 3.55. The van der Waals surface area contributed by atoms with Crippen LogP contribution in [0.15, 0.2) is 18.2 Å². The zero-order valence-electron chi connectivity index (χ0n) is 11.7. The van der Waals surface area contributed by atoms with Gasteiger partial charge in [0.2, 0.25) is 5.91 Å². The fourth-order valence-electron chi connectivity index (χ4n) is 1.79. The fraction of sp³-hybridized carbons (Fsp3) is 0.462. The Morgan fingerprint density at radius 3 is 2.30 bits per heavy atom. The van der Waals surface area contributed by atoms with Crippen molar-refractivity contribution in [3.8, 4) is 0 Å². The summed E-state index contributed by atoms with van der Waals surface area (Å²) in [6, 6.07) is 5.08. The number of rotatable bonds is 5. The second kappa shape index (κ2) is 8.05. The SMILES string of the molecule is CN(CC(=O)Nc1c(Cl)cccc1Cl)CC(C)(C)N.Cl. The van der Waals surface area contributed by atoms with Gasteiger partial charge >= 0.3 is 0 Å². The predicted octanol–water partition coefficient (Wildman–Crippen LogP) is 3.02. The van der Waals surface area contributed by atoms with Gasteiger partial charge in [-0.05, 0) is 33.0 Å². The standard InChI is InChI=1S/C13H19Cl2N3O.ClH/c1-13(2,16)8-18(3)7-11(19)17-12-9(14)5-4-6-10(12)15;/h4-6H,7-8,16H2,1-3H3,(H,17,19);1H. The van der Waals surface area contributed by atoms with Gasteiger partial charge in [0.25, 0.3) is 0 Å². The molecule has 0 fully saturated rings. The van der Waals surface area contributed by atoms with Crippen molar-refractivity contribution >= 4 is 47.2 Å². The van der Waals surface area contributed by atoms with Gasteiger partial charge in [0.05, 0.1) is 22.3 Å². The van der Waals surface area contributed by atoms with Gasteiger partial charge in [0.15, 0.2) is 0 Å². The number of carbonyl (C=O) groups is 1. The van der Waals surface area contributed by atoms with E-state index in [4.69, 9.17) is 28.9 Å². The first-order valence-corrected chi connectivity index (χ1v) is 6.66. The number of halogens is 3. The largest absolute Gasteiger partial charge is 0.324 e. The molecule has 0 aliphatic carbocycles. The molecule has 0 bridgehead atoms. The number of benzene rings is 1. The molecular weight excluding hydrogens is 321 g/mol. The highest BCUT2D eigenvalue weighted by molar-refractivity contribution is 6.39. The molecule has 0 heterocycles. The van der Waals surface area contributed by atoms with Crippen molar-refractivity contribution in [2.24, 2.45) is 5.73 Å². The molecule has 114 valence electrons. The molecule has 0 atom stereocenters. The van der Waals surface area contributed by atoms with Crippen molar-refractivity contribution in [1.82, 2.24) is 4.90 Å². The number of likely N-dealkylation sites (N-methyl/N-ethyl adjacent to an activating group) is 1. The Balaban J connectivity index is 0.00000361. The lowest BCUT2D eigenvalue weighted by molar-refractivity contribution is -0.117. The van der Waals surface area contributed by atoms with Gasteiger partial charge in [0.1, 0.15) is 0 Å². The van der Waals surface area contributed by atoms with Crippen LogP contribution < -0.4 is 11.1 Å². The summed E-state index contributed by atoms with van der Waals surface area (Å²) in [6.45, 7) is 4.65. The molecule has 20 heavy (non-hydrogen) atoms. The van der Waals surface area contributed by atoms with E-state index in [0.29, 0.717) is 22.3 Å². The fourth-order valence-corrected chi connectivity index (χ4v) is 2.28. The van der Waals surface area contributed by atoms with E-state index in [-0.39, 0.29) is 30.4 Å². The van der Waals surface area contributed by atoms with E-state index in [1.165, 1.54) is 0 Å². The molecule has 0 spiro atoms. The Morgan fingerprint density at radius 2 is 1.85 bits per heavy atom. The molecule has 4 nitrogen and oxygen atoms in total. The van der Waals surface area contributed by atoms with Gasteiger partial charge in [-0.25, -0.2) is 0 Å². The number of nitrogens with one attached hydrogen (secondary N) is 1. The summed E-state index contributed by atoms with van der Waals surface area (Å²) in [4.78, 5) is 13.7. The molecule has 0 saturated carbocycles. The van der Waals surface area contributed by atoms with Gasteiger partial charge in [0, 0.05) is 12.1 Å². The van der Waals surface area contributed by atoms with Gasteiger partial charge in [-0.15, -0.1) is 12.4 Å². The van der Waals surface area contributed by atoms with E-state index in [1.54, 1.807) is 18.2 Å². The maximum Gasteiger partial charge on any atom is 0.238 e. The van der Waals surface area contributed by atoms with Crippen LogP contribution in [-0.2, 0) is 4.79 Å². The maximum absolute atomic E-state index is 11.9. The van der Waals surface area contributed by atoms with Crippen LogP contribution in [0.1, 0.15) is 13.8 Å². The van der Waals surface area contributed by atoms with E-state index in [2.05, 4.69) is 5.32 Å². The number of nitrogens with zero attached hydrogens (tertiary/aromatic N) is 1. The second-order valence-electron chi connectivity index (χ2n) is 5.31. The zero-order valence-corrected chi connectivity index (χ0v) is 14.1. The number of amides is 1. The van der Waals surface area contributed by atoms with Crippen LogP contribution in [0.5, 0.6) is 0 Å². The van der Waals surface area contributed by atoms with Crippen molar-refractivity contribution in [1.29, 1.82) is 0 Å². The first-order valence-electron chi connectivity index (χ1n) is 5.90. The van der Waals surface area contributed by atoms with Crippen molar-refractivity contribution < 1.29 is 4.79 Å². The first-order chi connectivity index (χ1) is 8.69. The Kier molecular flexibility index (Phi) is 7.84. The van der Waals surface area contributed by atoms with E-state index in [9.17, 15) is 4.79 Å². The average molecular weight is 341 g/mol. The Bertz CT molecular complexity index is 440. The van der Waals surface area contributed by atoms with Crippen LogP contribution in [0, 0.1) is 0 Å².